The standard InChI is InChI=1S/C11H14BrN/c1-7-3-4-13-11-5-8(2)10(12)6-9(7)11/h5-7,13H,3-4H2,1-2H3. The summed E-state index contributed by atoms with van der Waals surface area (Å²) in [6.07, 6.45) is 1.24. The van der Waals surface area contributed by atoms with Crippen LogP contribution in [0.25, 0.3) is 0 Å². The maximum atomic E-state index is 3.57. The Morgan fingerprint density at radius 2 is 2.23 bits per heavy atom. The van der Waals surface area contributed by atoms with Crippen LogP contribution >= 0.6 is 15.9 Å². The van der Waals surface area contributed by atoms with Gasteiger partial charge in [-0.15, -0.1) is 0 Å². The van der Waals surface area contributed by atoms with Crippen molar-refractivity contribution in [3.63, 3.8) is 0 Å². The van der Waals surface area contributed by atoms with E-state index in [1.807, 2.05) is 0 Å². The summed E-state index contributed by atoms with van der Waals surface area (Å²) in [6, 6.07) is 4.48. The molecule has 0 spiro atoms. The van der Waals surface area contributed by atoms with E-state index in [1.54, 1.807) is 0 Å². The van der Waals surface area contributed by atoms with E-state index in [-0.39, 0.29) is 0 Å². The molecule has 1 aliphatic rings. The monoisotopic (exact) mass is 239 g/mol. The van der Waals surface area contributed by atoms with Crippen LogP contribution in [0.1, 0.15) is 30.4 Å². The molecule has 70 valence electrons. The predicted molar refractivity (Wildman–Crippen MR) is 60.4 cm³/mol. The number of hydrogen-bond acceptors (Lipinski definition) is 1. The molecule has 1 N–H and O–H groups in total. The second-order valence-corrected chi connectivity index (χ2v) is 4.66. The highest BCUT2D eigenvalue weighted by molar-refractivity contribution is 9.10. The van der Waals surface area contributed by atoms with E-state index in [2.05, 4.69) is 47.2 Å². The van der Waals surface area contributed by atoms with Crippen LogP contribution < -0.4 is 5.32 Å². The highest BCUT2D eigenvalue weighted by Gasteiger charge is 2.16. The summed E-state index contributed by atoms with van der Waals surface area (Å²) in [5.41, 5.74) is 4.07. The minimum absolute atomic E-state index is 0.688. The Morgan fingerprint density at radius 3 is 3.00 bits per heavy atom. The van der Waals surface area contributed by atoms with Crippen LogP contribution in [0.15, 0.2) is 16.6 Å². The van der Waals surface area contributed by atoms with Crippen molar-refractivity contribution in [3.8, 4) is 0 Å². The molecule has 0 bridgehead atoms. The van der Waals surface area contributed by atoms with Crippen LogP contribution in [-0.4, -0.2) is 6.54 Å². The third kappa shape index (κ3) is 1.60. The number of anilines is 1. The largest absolute Gasteiger partial charge is 0.385 e. The van der Waals surface area contributed by atoms with Gasteiger partial charge in [0.1, 0.15) is 0 Å². The summed E-state index contributed by atoms with van der Waals surface area (Å²) in [6.45, 7) is 5.53. The first-order chi connectivity index (χ1) is 6.18. The number of rotatable bonds is 0. The normalized spacial score (nSPS) is 20.7. The topological polar surface area (TPSA) is 12.0 Å². The number of halogens is 1. The Balaban J connectivity index is 2.52. The lowest BCUT2D eigenvalue weighted by Crippen LogP contribution is -2.15. The van der Waals surface area contributed by atoms with Crippen molar-refractivity contribution in [1.82, 2.24) is 0 Å². The molecule has 2 heteroatoms. The van der Waals surface area contributed by atoms with Gasteiger partial charge in [-0.05, 0) is 42.5 Å². The van der Waals surface area contributed by atoms with Gasteiger partial charge in [-0.1, -0.05) is 22.9 Å². The van der Waals surface area contributed by atoms with Gasteiger partial charge < -0.3 is 5.32 Å². The molecule has 0 saturated carbocycles. The average molecular weight is 240 g/mol. The summed E-state index contributed by atoms with van der Waals surface area (Å²) in [4.78, 5) is 0. The zero-order chi connectivity index (χ0) is 9.42. The lowest BCUT2D eigenvalue weighted by molar-refractivity contribution is 0.683. The molecule has 13 heavy (non-hydrogen) atoms. The molecule has 0 saturated heterocycles. The summed E-state index contributed by atoms with van der Waals surface area (Å²) in [5.74, 6) is 0.688. The fraction of sp³-hybridized carbons (Fsp3) is 0.455. The molecule has 1 aromatic carbocycles. The van der Waals surface area contributed by atoms with Crippen LogP contribution in [0.2, 0.25) is 0 Å². The van der Waals surface area contributed by atoms with Gasteiger partial charge in [0.05, 0.1) is 0 Å². The van der Waals surface area contributed by atoms with Gasteiger partial charge in [-0.3, -0.25) is 0 Å². The smallest absolute Gasteiger partial charge is 0.0378 e. The fourth-order valence-electron chi connectivity index (χ4n) is 1.84. The fourth-order valence-corrected chi connectivity index (χ4v) is 2.20. The molecule has 1 nitrogen and oxygen atoms in total. The SMILES string of the molecule is Cc1cc2c(cc1Br)C(C)CCN2. The number of aryl methyl sites for hydroxylation is 1. The van der Waals surface area contributed by atoms with Gasteiger partial charge in [0.2, 0.25) is 0 Å². The zero-order valence-electron chi connectivity index (χ0n) is 8.02. The van der Waals surface area contributed by atoms with E-state index in [0.29, 0.717) is 5.92 Å². The minimum Gasteiger partial charge on any atom is -0.385 e. The molecule has 0 radical (unpaired) electrons. The van der Waals surface area contributed by atoms with Crippen molar-refractivity contribution in [2.75, 3.05) is 11.9 Å². The highest BCUT2D eigenvalue weighted by Crippen LogP contribution is 2.34. The van der Waals surface area contributed by atoms with E-state index >= 15 is 0 Å². The average Bonchev–Trinajstić information content (AvgIpc) is 2.09. The lowest BCUT2D eigenvalue weighted by atomic mass is 9.92. The summed E-state index contributed by atoms with van der Waals surface area (Å²) < 4.78 is 1.22. The second kappa shape index (κ2) is 3.33. The van der Waals surface area contributed by atoms with Gasteiger partial charge in [0.25, 0.3) is 0 Å². The molecule has 0 aliphatic carbocycles. The van der Waals surface area contributed by atoms with Crippen LogP contribution in [0.5, 0.6) is 0 Å². The van der Waals surface area contributed by atoms with E-state index in [4.69, 9.17) is 0 Å². The Morgan fingerprint density at radius 1 is 1.46 bits per heavy atom. The van der Waals surface area contributed by atoms with E-state index in [1.165, 1.54) is 27.7 Å². The first kappa shape index (κ1) is 9.07. The number of hydrogen-bond donors (Lipinski definition) is 1. The van der Waals surface area contributed by atoms with Crippen LogP contribution in [0, 0.1) is 6.92 Å². The summed E-state index contributed by atoms with van der Waals surface area (Å²) in [5, 5.41) is 3.44. The quantitative estimate of drug-likeness (QED) is 0.729. The van der Waals surface area contributed by atoms with E-state index in [9.17, 15) is 0 Å². The third-order valence-corrected chi connectivity index (χ3v) is 3.61. The minimum atomic E-state index is 0.688. The molecule has 0 amide bonds. The molecule has 1 aromatic rings. The summed E-state index contributed by atoms with van der Waals surface area (Å²) in [7, 11) is 0. The predicted octanol–water partition coefficient (Wildman–Crippen LogP) is 3.68. The molecule has 0 aromatic heterocycles. The van der Waals surface area contributed by atoms with Crippen molar-refractivity contribution in [3.05, 3.63) is 27.7 Å². The van der Waals surface area contributed by atoms with Crippen LogP contribution in [0.4, 0.5) is 5.69 Å². The van der Waals surface area contributed by atoms with Gasteiger partial charge in [-0.25, -0.2) is 0 Å². The van der Waals surface area contributed by atoms with Crippen LogP contribution in [0.3, 0.4) is 0 Å². The molecule has 1 aliphatic heterocycles. The van der Waals surface area contributed by atoms with Crippen molar-refractivity contribution in [2.45, 2.75) is 26.2 Å². The summed E-state index contributed by atoms with van der Waals surface area (Å²) >= 11 is 3.57. The zero-order valence-corrected chi connectivity index (χ0v) is 9.61. The molecular weight excluding hydrogens is 226 g/mol. The molecule has 0 fully saturated rings. The Labute approximate surface area is 87.7 Å². The molecule has 1 atom stereocenters. The maximum Gasteiger partial charge on any atom is 0.0378 e. The Hall–Kier alpha value is -0.500. The molecule has 1 unspecified atom stereocenters. The first-order valence-corrected chi connectivity index (χ1v) is 5.51. The lowest BCUT2D eigenvalue weighted by Gasteiger charge is -2.24. The van der Waals surface area contributed by atoms with Gasteiger partial charge in [0.15, 0.2) is 0 Å². The molecule has 2 rings (SSSR count). The van der Waals surface area contributed by atoms with Gasteiger partial charge >= 0.3 is 0 Å². The maximum absolute atomic E-state index is 3.57. The third-order valence-electron chi connectivity index (χ3n) is 2.75. The Bertz CT molecular complexity index is 333. The van der Waals surface area contributed by atoms with Crippen molar-refractivity contribution in [2.24, 2.45) is 0 Å². The van der Waals surface area contributed by atoms with Gasteiger partial charge in [0, 0.05) is 16.7 Å². The number of benzene rings is 1. The number of fused-ring (bicyclic) bond motifs is 1. The highest BCUT2D eigenvalue weighted by atomic mass is 79.9. The van der Waals surface area contributed by atoms with Crippen molar-refractivity contribution in [1.29, 1.82) is 0 Å². The molecule has 1 heterocycles. The molecular formula is C11H14BrN. The van der Waals surface area contributed by atoms with E-state index < -0.39 is 0 Å². The van der Waals surface area contributed by atoms with Crippen LogP contribution in [-0.2, 0) is 0 Å². The van der Waals surface area contributed by atoms with Crippen molar-refractivity contribution < 1.29 is 0 Å². The van der Waals surface area contributed by atoms with E-state index in [0.717, 1.165) is 6.54 Å². The van der Waals surface area contributed by atoms with Crippen molar-refractivity contribution >= 4 is 21.6 Å². The first-order valence-electron chi connectivity index (χ1n) is 4.72. The number of nitrogens with one attached hydrogen (secondary N) is 1. The second-order valence-electron chi connectivity index (χ2n) is 3.81. The Kier molecular flexibility index (Phi) is 2.33. The van der Waals surface area contributed by atoms with Gasteiger partial charge in [-0.2, -0.15) is 0 Å².